The second-order valence-electron chi connectivity index (χ2n) is 4.59. The van der Waals surface area contributed by atoms with Crippen LogP contribution < -0.4 is 10.2 Å². The number of anilines is 1. The molecule has 0 aliphatic carbocycles. The molecule has 1 heterocycles. The van der Waals surface area contributed by atoms with Crippen molar-refractivity contribution in [3.8, 4) is 0 Å². The Kier molecular flexibility index (Phi) is 4.40. The Hall–Kier alpha value is -1.06. The molecule has 17 heavy (non-hydrogen) atoms. The minimum Gasteiger partial charge on any atom is -0.380 e. The highest BCUT2D eigenvalue weighted by molar-refractivity contribution is 5.51. The highest BCUT2D eigenvalue weighted by atomic mass is 16.5. The average Bonchev–Trinajstić information content (AvgIpc) is 2.60. The first-order valence-electron chi connectivity index (χ1n) is 6.38. The van der Waals surface area contributed by atoms with Crippen molar-refractivity contribution >= 4 is 5.69 Å². The third-order valence-electron chi connectivity index (χ3n) is 3.28. The van der Waals surface area contributed by atoms with Gasteiger partial charge in [-0.3, -0.25) is 0 Å². The van der Waals surface area contributed by atoms with E-state index in [1.54, 1.807) is 0 Å². The molecule has 1 aromatic rings. The van der Waals surface area contributed by atoms with E-state index < -0.39 is 0 Å². The molecule has 0 aromatic heterocycles. The molecule has 1 fully saturated rings. The molecular formula is C14H22N2O. The predicted molar refractivity (Wildman–Crippen MR) is 71.6 cm³/mol. The maximum atomic E-state index is 5.49. The van der Waals surface area contributed by atoms with Crippen LogP contribution >= 0.6 is 0 Å². The fourth-order valence-electron chi connectivity index (χ4n) is 2.27. The lowest BCUT2D eigenvalue weighted by Gasteiger charge is -2.23. The Labute approximate surface area is 104 Å². The molecule has 0 spiro atoms. The summed E-state index contributed by atoms with van der Waals surface area (Å²) in [5, 5.41) is 3.20. The summed E-state index contributed by atoms with van der Waals surface area (Å²) in [5.41, 5.74) is 4.07. The highest BCUT2D eigenvalue weighted by Crippen LogP contribution is 2.20. The maximum absolute atomic E-state index is 5.49. The molecule has 0 radical (unpaired) electrons. The van der Waals surface area contributed by atoms with Gasteiger partial charge in [0, 0.05) is 31.9 Å². The Morgan fingerprint density at radius 3 is 2.94 bits per heavy atom. The molecule has 1 aliphatic heterocycles. The predicted octanol–water partition coefficient (Wildman–Crippen LogP) is 1.94. The number of hydrogen-bond acceptors (Lipinski definition) is 3. The Morgan fingerprint density at radius 1 is 1.29 bits per heavy atom. The van der Waals surface area contributed by atoms with Gasteiger partial charge in [-0.05, 0) is 43.7 Å². The van der Waals surface area contributed by atoms with Crippen molar-refractivity contribution < 1.29 is 4.74 Å². The van der Waals surface area contributed by atoms with E-state index >= 15 is 0 Å². The fourth-order valence-corrected chi connectivity index (χ4v) is 2.27. The molecule has 0 amide bonds. The molecule has 3 heteroatoms. The van der Waals surface area contributed by atoms with Crippen LogP contribution in [0.2, 0.25) is 0 Å². The van der Waals surface area contributed by atoms with Crippen molar-refractivity contribution in [2.24, 2.45) is 0 Å². The number of benzene rings is 1. The zero-order valence-corrected chi connectivity index (χ0v) is 10.8. The van der Waals surface area contributed by atoms with Crippen molar-refractivity contribution in [1.82, 2.24) is 5.32 Å². The minimum atomic E-state index is 0.845. The molecule has 0 unspecified atom stereocenters. The number of rotatable bonds is 3. The van der Waals surface area contributed by atoms with Gasteiger partial charge in [-0.25, -0.2) is 0 Å². The van der Waals surface area contributed by atoms with Crippen LogP contribution in [0.1, 0.15) is 17.5 Å². The number of hydrogen-bond donors (Lipinski definition) is 1. The summed E-state index contributed by atoms with van der Waals surface area (Å²) in [6, 6.07) is 6.75. The normalized spacial score (nSPS) is 16.9. The number of nitrogens with zero attached hydrogens (tertiary/aromatic N) is 1. The summed E-state index contributed by atoms with van der Waals surface area (Å²) in [4.78, 5) is 2.42. The standard InChI is InChI=1S/C14H22N2O/c1-12-10-14(5-4-13(12)11-15-2)16-6-3-8-17-9-7-16/h4-5,10,15H,3,6-9,11H2,1-2H3. The van der Waals surface area contributed by atoms with Gasteiger partial charge in [0.15, 0.2) is 0 Å². The van der Waals surface area contributed by atoms with Gasteiger partial charge in [-0.1, -0.05) is 6.07 Å². The van der Waals surface area contributed by atoms with E-state index in [1.807, 2.05) is 7.05 Å². The van der Waals surface area contributed by atoms with Gasteiger partial charge in [0.1, 0.15) is 0 Å². The topological polar surface area (TPSA) is 24.5 Å². The SMILES string of the molecule is CNCc1ccc(N2CCCOCC2)cc1C. The van der Waals surface area contributed by atoms with Crippen LogP contribution in [0, 0.1) is 6.92 Å². The van der Waals surface area contributed by atoms with E-state index in [0.29, 0.717) is 0 Å². The third kappa shape index (κ3) is 3.20. The van der Waals surface area contributed by atoms with Crippen LogP contribution in [0.3, 0.4) is 0 Å². The summed E-state index contributed by atoms with van der Waals surface area (Å²) in [6.07, 6.45) is 1.12. The molecule has 1 aromatic carbocycles. The maximum Gasteiger partial charge on any atom is 0.0641 e. The summed E-state index contributed by atoms with van der Waals surface area (Å²) in [5.74, 6) is 0. The molecule has 0 saturated carbocycles. The van der Waals surface area contributed by atoms with Crippen LogP contribution in [0.5, 0.6) is 0 Å². The smallest absolute Gasteiger partial charge is 0.0641 e. The van der Waals surface area contributed by atoms with Gasteiger partial charge in [-0.2, -0.15) is 0 Å². The quantitative estimate of drug-likeness (QED) is 0.865. The summed E-state index contributed by atoms with van der Waals surface area (Å²) < 4.78 is 5.49. The zero-order chi connectivity index (χ0) is 12.1. The molecule has 94 valence electrons. The molecule has 1 saturated heterocycles. The first-order valence-corrected chi connectivity index (χ1v) is 6.38. The second-order valence-corrected chi connectivity index (χ2v) is 4.59. The molecule has 1 aliphatic rings. The Morgan fingerprint density at radius 2 is 2.18 bits per heavy atom. The number of ether oxygens (including phenoxy) is 1. The van der Waals surface area contributed by atoms with E-state index in [4.69, 9.17) is 4.74 Å². The summed E-state index contributed by atoms with van der Waals surface area (Å²) in [6.45, 7) is 6.97. The van der Waals surface area contributed by atoms with Crippen molar-refractivity contribution in [2.45, 2.75) is 19.9 Å². The largest absolute Gasteiger partial charge is 0.380 e. The lowest BCUT2D eigenvalue weighted by atomic mass is 10.1. The highest BCUT2D eigenvalue weighted by Gasteiger charge is 2.10. The van der Waals surface area contributed by atoms with E-state index in [1.165, 1.54) is 16.8 Å². The monoisotopic (exact) mass is 234 g/mol. The lowest BCUT2D eigenvalue weighted by molar-refractivity contribution is 0.152. The molecule has 0 atom stereocenters. The van der Waals surface area contributed by atoms with Crippen molar-refractivity contribution in [3.63, 3.8) is 0 Å². The van der Waals surface area contributed by atoms with Crippen LogP contribution in [0.4, 0.5) is 5.69 Å². The number of aryl methyl sites for hydroxylation is 1. The van der Waals surface area contributed by atoms with E-state index in [0.717, 1.165) is 39.3 Å². The Balaban J connectivity index is 2.12. The van der Waals surface area contributed by atoms with Crippen molar-refractivity contribution in [1.29, 1.82) is 0 Å². The van der Waals surface area contributed by atoms with E-state index in [-0.39, 0.29) is 0 Å². The van der Waals surface area contributed by atoms with Gasteiger partial charge in [-0.15, -0.1) is 0 Å². The molecule has 3 nitrogen and oxygen atoms in total. The molecular weight excluding hydrogens is 212 g/mol. The average molecular weight is 234 g/mol. The van der Waals surface area contributed by atoms with Gasteiger partial charge < -0.3 is 15.0 Å². The minimum absolute atomic E-state index is 0.845. The number of nitrogens with one attached hydrogen (secondary N) is 1. The Bertz CT molecular complexity index is 357. The first-order chi connectivity index (χ1) is 8.31. The van der Waals surface area contributed by atoms with Gasteiger partial charge in [0.25, 0.3) is 0 Å². The van der Waals surface area contributed by atoms with Crippen LogP contribution in [0.25, 0.3) is 0 Å². The molecule has 2 rings (SSSR count). The van der Waals surface area contributed by atoms with Crippen LogP contribution in [-0.2, 0) is 11.3 Å². The zero-order valence-electron chi connectivity index (χ0n) is 10.8. The summed E-state index contributed by atoms with van der Waals surface area (Å²) >= 11 is 0. The third-order valence-corrected chi connectivity index (χ3v) is 3.28. The van der Waals surface area contributed by atoms with E-state index in [2.05, 4.69) is 35.3 Å². The van der Waals surface area contributed by atoms with Crippen molar-refractivity contribution in [2.75, 3.05) is 38.3 Å². The van der Waals surface area contributed by atoms with Crippen LogP contribution in [0.15, 0.2) is 18.2 Å². The molecule has 0 bridgehead atoms. The molecule has 1 N–H and O–H groups in total. The van der Waals surface area contributed by atoms with Crippen LogP contribution in [-0.4, -0.2) is 33.4 Å². The first kappa shape index (κ1) is 12.4. The van der Waals surface area contributed by atoms with Gasteiger partial charge >= 0.3 is 0 Å². The summed E-state index contributed by atoms with van der Waals surface area (Å²) in [7, 11) is 1.99. The van der Waals surface area contributed by atoms with Gasteiger partial charge in [0.05, 0.1) is 6.61 Å². The second kappa shape index (κ2) is 6.03. The van der Waals surface area contributed by atoms with Gasteiger partial charge in [0.2, 0.25) is 0 Å². The fraction of sp³-hybridized carbons (Fsp3) is 0.571. The van der Waals surface area contributed by atoms with Crippen molar-refractivity contribution in [3.05, 3.63) is 29.3 Å². The lowest BCUT2D eigenvalue weighted by Crippen LogP contribution is -2.26. The van der Waals surface area contributed by atoms with E-state index in [9.17, 15) is 0 Å².